The Bertz CT molecular complexity index is 141. The fourth-order valence-corrected chi connectivity index (χ4v) is 0.943. The van der Waals surface area contributed by atoms with Gasteiger partial charge in [-0.3, -0.25) is 0 Å². The zero-order valence-corrected chi connectivity index (χ0v) is 4.50. The molecule has 0 aromatic carbocycles. The van der Waals surface area contributed by atoms with E-state index in [1.54, 1.807) is 0 Å². The highest BCUT2D eigenvalue weighted by molar-refractivity contribution is 6.13. The summed E-state index contributed by atoms with van der Waals surface area (Å²) in [4.78, 5) is 4.09. The van der Waals surface area contributed by atoms with Gasteiger partial charge in [0.25, 0.3) is 0 Å². The van der Waals surface area contributed by atoms with Crippen LogP contribution in [0.1, 0.15) is 12.8 Å². The van der Waals surface area contributed by atoms with Crippen molar-refractivity contribution in [3.05, 3.63) is 0 Å². The topological polar surface area (TPSA) is 21.6 Å². The minimum absolute atomic E-state index is 0.0278. The van der Waals surface area contributed by atoms with Gasteiger partial charge in [0.2, 0.25) is 0 Å². The normalized spacial score (nSPS) is 37.8. The second kappa shape index (κ2) is 1.09. The summed E-state index contributed by atoms with van der Waals surface area (Å²) in [7, 11) is 5.53. The maximum absolute atomic E-state index is 5.53. The monoisotopic (exact) mass is 107 g/mol. The number of hydrogen-bond donors (Lipinski definition) is 0. The molecule has 1 heterocycles. The summed E-state index contributed by atoms with van der Waals surface area (Å²) in [6.07, 6.45) is 3.67. The first-order valence-electron chi connectivity index (χ1n) is 2.78. The Labute approximate surface area is 49.3 Å². The van der Waals surface area contributed by atoms with Crippen LogP contribution in [0.2, 0.25) is 0 Å². The number of aliphatic imine (C=N–C) groups is 1. The number of rotatable bonds is 0. The van der Waals surface area contributed by atoms with Crippen LogP contribution in [0.5, 0.6) is 0 Å². The second-order valence-corrected chi connectivity index (χ2v) is 2.39. The highest BCUT2D eigenvalue weighted by atomic mass is 16.5. The largest absolute Gasteiger partial charge is 0.488 e. The molecule has 0 saturated heterocycles. The van der Waals surface area contributed by atoms with Crippen LogP contribution in [-0.4, -0.2) is 25.8 Å². The molecule has 3 heteroatoms. The predicted octanol–water partition coefficient (Wildman–Crippen LogP) is 0.0721. The summed E-state index contributed by atoms with van der Waals surface area (Å²) in [5.41, 5.74) is 0.0278. The van der Waals surface area contributed by atoms with Crippen molar-refractivity contribution in [1.82, 2.24) is 0 Å². The van der Waals surface area contributed by atoms with Crippen molar-refractivity contribution in [2.45, 2.75) is 24.4 Å². The molecule has 0 bridgehead atoms. The zero-order valence-electron chi connectivity index (χ0n) is 4.50. The first-order chi connectivity index (χ1) is 3.83. The van der Waals surface area contributed by atoms with E-state index in [-0.39, 0.29) is 11.5 Å². The summed E-state index contributed by atoms with van der Waals surface area (Å²) in [5, 5.41) is 0. The van der Waals surface area contributed by atoms with Crippen LogP contribution in [0.25, 0.3) is 0 Å². The van der Waals surface area contributed by atoms with E-state index >= 15 is 0 Å². The van der Waals surface area contributed by atoms with Crippen LogP contribution in [0, 0.1) is 0 Å². The Morgan fingerprint density at radius 3 is 2.75 bits per heavy atom. The van der Waals surface area contributed by atoms with E-state index in [1.807, 2.05) is 0 Å². The first-order valence-corrected chi connectivity index (χ1v) is 2.78. The summed E-state index contributed by atoms with van der Waals surface area (Å²) in [5.74, 6) is 0. The predicted molar refractivity (Wildman–Crippen MR) is 31.1 cm³/mol. The molecule has 0 aromatic heterocycles. The summed E-state index contributed by atoms with van der Waals surface area (Å²) in [6.45, 7) is 0. The first kappa shape index (κ1) is 4.42. The lowest BCUT2D eigenvalue weighted by Crippen LogP contribution is -2.22. The lowest BCUT2D eigenvalue weighted by atomic mass is 9.91. The Morgan fingerprint density at radius 1 is 1.75 bits per heavy atom. The van der Waals surface area contributed by atoms with Gasteiger partial charge in [0.15, 0.2) is 6.40 Å². The number of nitrogens with zero attached hydrogens (tertiary/aromatic N) is 1. The van der Waals surface area contributed by atoms with Gasteiger partial charge in [0, 0.05) is 0 Å². The Balaban J connectivity index is 2.22. The van der Waals surface area contributed by atoms with E-state index in [0.29, 0.717) is 0 Å². The third-order valence-corrected chi connectivity index (χ3v) is 1.81. The van der Waals surface area contributed by atoms with Crippen LogP contribution in [0.3, 0.4) is 0 Å². The highest BCUT2D eigenvalue weighted by Crippen LogP contribution is 2.45. The van der Waals surface area contributed by atoms with Crippen molar-refractivity contribution in [2.75, 3.05) is 0 Å². The van der Waals surface area contributed by atoms with Gasteiger partial charge >= 0.3 is 0 Å². The molecule has 8 heavy (non-hydrogen) atoms. The molecule has 1 atom stereocenters. The molecule has 2 rings (SSSR count). The Hall–Kier alpha value is -0.465. The molecule has 1 spiro atoms. The van der Waals surface area contributed by atoms with Crippen LogP contribution in [-0.2, 0) is 4.74 Å². The Kier molecular flexibility index (Phi) is 0.603. The molecule has 0 aromatic rings. The van der Waals surface area contributed by atoms with E-state index in [9.17, 15) is 0 Å². The third-order valence-electron chi connectivity index (χ3n) is 1.81. The number of ether oxygens (including phenoxy) is 1. The minimum atomic E-state index is -0.150. The van der Waals surface area contributed by atoms with Gasteiger partial charge in [0.05, 0.1) is 11.5 Å². The molecular weight excluding hydrogens is 101 g/mol. The average molecular weight is 107 g/mol. The van der Waals surface area contributed by atoms with Crippen LogP contribution < -0.4 is 0 Å². The van der Waals surface area contributed by atoms with Gasteiger partial charge in [-0.2, -0.15) is 0 Å². The summed E-state index contributed by atoms with van der Waals surface area (Å²) < 4.78 is 4.92. The molecule has 1 unspecified atom stereocenters. The summed E-state index contributed by atoms with van der Waals surface area (Å²) >= 11 is 0. The van der Waals surface area contributed by atoms with Crippen molar-refractivity contribution in [3.63, 3.8) is 0 Å². The average Bonchev–Trinajstić information content (AvgIpc) is 2.39. The molecule has 1 saturated carbocycles. The molecule has 2 radical (unpaired) electrons. The SMILES string of the molecule is [B]C1OC=NC12CC2. The van der Waals surface area contributed by atoms with Crippen LogP contribution in [0.4, 0.5) is 0 Å². The summed E-state index contributed by atoms with van der Waals surface area (Å²) in [6, 6.07) is -0.150. The smallest absolute Gasteiger partial charge is 0.169 e. The fourth-order valence-electron chi connectivity index (χ4n) is 0.943. The number of hydrogen-bond acceptors (Lipinski definition) is 2. The highest BCUT2D eigenvalue weighted by Gasteiger charge is 2.50. The third kappa shape index (κ3) is 0.370. The maximum atomic E-state index is 5.53. The molecule has 0 amide bonds. The van der Waals surface area contributed by atoms with Crippen molar-refractivity contribution in [1.29, 1.82) is 0 Å². The lowest BCUT2D eigenvalue weighted by Gasteiger charge is -2.08. The van der Waals surface area contributed by atoms with Crippen molar-refractivity contribution in [2.24, 2.45) is 4.99 Å². The molecule has 1 fully saturated rings. The quantitative estimate of drug-likeness (QED) is 0.401. The minimum Gasteiger partial charge on any atom is -0.488 e. The molecule has 0 N–H and O–H groups in total. The second-order valence-electron chi connectivity index (χ2n) is 2.39. The van der Waals surface area contributed by atoms with Crippen molar-refractivity contribution in [3.8, 4) is 0 Å². The van der Waals surface area contributed by atoms with E-state index in [4.69, 9.17) is 12.6 Å². The lowest BCUT2D eigenvalue weighted by molar-refractivity contribution is 0.275. The molecular formula is C5H6BNO. The molecule has 1 aliphatic heterocycles. The van der Waals surface area contributed by atoms with E-state index in [1.165, 1.54) is 6.40 Å². The van der Waals surface area contributed by atoms with Gasteiger partial charge < -0.3 is 4.74 Å². The molecule has 2 nitrogen and oxygen atoms in total. The van der Waals surface area contributed by atoms with E-state index < -0.39 is 0 Å². The van der Waals surface area contributed by atoms with Gasteiger partial charge in [-0.05, 0) is 12.8 Å². The zero-order chi connectivity index (χ0) is 5.61. The van der Waals surface area contributed by atoms with Gasteiger partial charge in [-0.1, -0.05) is 0 Å². The van der Waals surface area contributed by atoms with Gasteiger partial charge in [0.1, 0.15) is 7.85 Å². The van der Waals surface area contributed by atoms with E-state index in [0.717, 1.165) is 12.8 Å². The van der Waals surface area contributed by atoms with Crippen LogP contribution >= 0.6 is 0 Å². The van der Waals surface area contributed by atoms with Gasteiger partial charge in [-0.25, -0.2) is 4.99 Å². The Morgan fingerprint density at radius 2 is 2.50 bits per heavy atom. The molecule has 2 aliphatic rings. The van der Waals surface area contributed by atoms with E-state index in [2.05, 4.69) is 4.99 Å². The van der Waals surface area contributed by atoms with Gasteiger partial charge in [-0.15, -0.1) is 0 Å². The maximum Gasteiger partial charge on any atom is 0.169 e. The van der Waals surface area contributed by atoms with Crippen LogP contribution in [0.15, 0.2) is 4.99 Å². The van der Waals surface area contributed by atoms with Crippen molar-refractivity contribution < 1.29 is 4.74 Å². The fraction of sp³-hybridized carbons (Fsp3) is 0.800. The van der Waals surface area contributed by atoms with Crippen molar-refractivity contribution >= 4 is 14.2 Å². The standard InChI is InChI=1S/C5H6BNO/c6-4-5(1-2-5)7-3-8-4/h3-4H,1-2H2. The molecule has 40 valence electrons. The molecule has 1 aliphatic carbocycles.